The van der Waals surface area contributed by atoms with Gasteiger partial charge >= 0.3 is 0 Å². The maximum absolute atomic E-state index is 14.7. The summed E-state index contributed by atoms with van der Waals surface area (Å²) in [5, 5.41) is 8.06. The number of hydrogen-bond acceptors (Lipinski definition) is 5. The lowest BCUT2D eigenvalue weighted by atomic mass is 9.84. The molecule has 2 aliphatic rings. The van der Waals surface area contributed by atoms with Crippen molar-refractivity contribution >= 4 is 16.0 Å². The molecule has 2 aromatic carbocycles. The maximum Gasteiger partial charge on any atom is 0.247 e. The molecule has 0 spiro atoms. The summed E-state index contributed by atoms with van der Waals surface area (Å²) in [5.41, 5.74) is 4.57. The van der Waals surface area contributed by atoms with Gasteiger partial charge in [0.1, 0.15) is 22.4 Å². The van der Waals surface area contributed by atoms with Crippen LogP contribution in [-0.2, 0) is 21.0 Å². The lowest BCUT2D eigenvalue weighted by Crippen LogP contribution is -2.52. The number of nitriles is 1. The lowest BCUT2D eigenvalue weighted by Gasteiger charge is -2.41. The van der Waals surface area contributed by atoms with Gasteiger partial charge < -0.3 is 5.73 Å². The Balaban J connectivity index is 1.92. The number of nitrogens with zero attached hydrogens (tertiary/aromatic N) is 3. The van der Waals surface area contributed by atoms with E-state index in [9.17, 15) is 22.5 Å². The first kappa shape index (κ1) is 20.3. The van der Waals surface area contributed by atoms with Crippen LogP contribution in [0, 0.1) is 23.0 Å². The van der Waals surface area contributed by atoms with Crippen molar-refractivity contribution in [2.75, 3.05) is 7.05 Å². The van der Waals surface area contributed by atoms with Crippen LogP contribution in [0.3, 0.4) is 0 Å². The van der Waals surface area contributed by atoms with Crippen LogP contribution in [0.4, 0.5) is 8.78 Å². The van der Waals surface area contributed by atoms with Crippen LogP contribution >= 0.6 is 0 Å². The molecule has 1 heterocycles. The predicted molar refractivity (Wildman–Crippen MR) is 108 cm³/mol. The summed E-state index contributed by atoms with van der Waals surface area (Å²) in [6.45, 7) is 1.43. The van der Waals surface area contributed by atoms with Crippen molar-refractivity contribution in [3.8, 4) is 6.07 Å². The topological polar surface area (TPSA) is 99.5 Å². The van der Waals surface area contributed by atoms with E-state index in [1.165, 1.54) is 14.0 Å². The summed E-state index contributed by atoms with van der Waals surface area (Å²) in [4.78, 5) is 4.30. The largest absolute Gasteiger partial charge is 0.369 e. The van der Waals surface area contributed by atoms with Crippen molar-refractivity contribution in [2.24, 2.45) is 10.7 Å². The zero-order chi connectivity index (χ0) is 21.9. The fourth-order valence-electron chi connectivity index (χ4n) is 4.10. The molecule has 2 atom stereocenters. The van der Waals surface area contributed by atoms with Crippen LogP contribution in [0.5, 0.6) is 0 Å². The van der Waals surface area contributed by atoms with Crippen molar-refractivity contribution in [3.63, 3.8) is 0 Å². The molecule has 156 valence electrons. The smallest absolute Gasteiger partial charge is 0.247 e. The van der Waals surface area contributed by atoms with Gasteiger partial charge in [-0.25, -0.2) is 26.5 Å². The van der Waals surface area contributed by atoms with Gasteiger partial charge in [-0.2, -0.15) is 5.26 Å². The van der Waals surface area contributed by atoms with E-state index in [-0.39, 0.29) is 11.5 Å². The van der Waals surface area contributed by atoms with Gasteiger partial charge in [0.05, 0.1) is 11.5 Å². The molecule has 1 fully saturated rings. The third kappa shape index (κ3) is 2.86. The Labute approximate surface area is 173 Å². The number of hydrogen-bond donors (Lipinski definition) is 1. The van der Waals surface area contributed by atoms with E-state index in [0.29, 0.717) is 5.56 Å². The van der Waals surface area contributed by atoms with Crippen LogP contribution < -0.4 is 5.73 Å². The fraction of sp³-hybridized carbons (Fsp3) is 0.333. The molecule has 2 aromatic rings. The summed E-state index contributed by atoms with van der Waals surface area (Å²) in [5.74, 6) is -1.80. The molecule has 0 saturated heterocycles. The van der Waals surface area contributed by atoms with Gasteiger partial charge in [0.2, 0.25) is 16.0 Å². The van der Waals surface area contributed by atoms with Gasteiger partial charge in [-0.15, -0.1) is 0 Å². The SMILES string of the molecule is CN1C(N)=N[C@](C)(c2cc(F)ccc2F)[C@@H](c2ccc(C3(C#N)CC3)cc2)S1(=O)=O. The number of nitrogens with two attached hydrogens (primary N) is 1. The van der Waals surface area contributed by atoms with E-state index in [1.54, 1.807) is 24.3 Å². The van der Waals surface area contributed by atoms with Gasteiger partial charge in [-0.1, -0.05) is 24.3 Å². The summed E-state index contributed by atoms with van der Waals surface area (Å²) >= 11 is 0. The summed E-state index contributed by atoms with van der Waals surface area (Å²) in [7, 11) is -2.83. The van der Waals surface area contributed by atoms with E-state index >= 15 is 0 Å². The molecule has 0 aromatic heterocycles. The highest BCUT2D eigenvalue weighted by Gasteiger charge is 2.52. The molecular formula is C21H20F2N4O2S. The number of sulfonamides is 1. The minimum atomic E-state index is -4.10. The molecule has 30 heavy (non-hydrogen) atoms. The molecule has 0 bridgehead atoms. The van der Waals surface area contributed by atoms with Crippen LogP contribution in [0.1, 0.15) is 41.7 Å². The number of guanidine groups is 1. The molecule has 4 rings (SSSR count). The van der Waals surface area contributed by atoms with Crippen LogP contribution in [-0.4, -0.2) is 25.7 Å². The minimum Gasteiger partial charge on any atom is -0.369 e. The van der Waals surface area contributed by atoms with Crippen LogP contribution in [0.15, 0.2) is 47.5 Å². The summed E-state index contributed by atoms with van der Waals surface area (Å²) in [6.07, 6.45) is 1.50. The molecule has 2 N–H and O–H groups in total. The Hall–Kier alpha value is -2.99. The molecule has 9 heteroatoms. The van der Waals surface area contributed by atoms with E-state index in [0.717, 1.165) is 40.9 Å². The van der Waals surface area contributed by atoms with Gasteiger partial charge in [-0.3, -0.25) is 0 Å². The highest BCUT2D eigenvalue weighted by atomic mass is 32.2. The number of halogens is 2. The van der Waals surface area contributed by atoms with Gasteiger partial charge in [0.25, 0.3) is 0 Å². The van der Waals surface area contributed by atoms with Crippen LogP contribution in [0.2, 0.25) is 0 Å². The van der Waals surface area contributed by atoms with Crippen molar-refractivity contribution in [2.45, 2.75) is 36.0 Å². The highest BCUT2D eigenvalue weighted by Crippen LogP contribution is 2.50. The normalized spacial score (nSPS) is 26.6. The first-order valence-electron chi connectivity index (χ1n) is 9.35. The first-order valence-corrected chi connectivity index (χ1v) is 10.9. The second-order valence-electron chi connectivity index (χ2n) is 7.95. The Morgan fingerprint density at radius 1 is 1.20 bits per heavy atom. The van der Waals surface area contributed by atoms with Gasteiger partial charge in [0.15, 0.2) is 0 Å². The van der Waals surface area contributed by atoms with E-state index in [1.807, 2.05) is 0 Å². The van der Waals surface area contributed by atoms with Gasteiger partial charge in [-0.05, 0) is 49.1 Å². The Kier molecular flexibility index (Phi) is 4.40. The van der Waals surface area contributed by atoms with Crippen molar-refractivity contribution in [1.29, 1.82) is 5.26 Å². The molecule has 0 radical (unpaired) electrons. The third-order valence-corrected chi connectivity index (χ3v) is 8.34. The van der Waals surface area contributed by atoms with Crippen molar-refractivity contribution < 1.29 is 17.2 Å². The maximum atomic E-state index is 14.7. The predicted octanol–water partition coefficient (Wildman–Crippen LogP) is 3.07. The molecule has 0 amide bonds. The van der Waals surface area contributed by atoms with Crippen molar-refractivity contribution in [3.05, 3.63) is 70.8 Å². The molecule has 6 nitrogen and oxygen atoms in total. The molecule has 1 saturated carbocycles. The molecular weight excluding hydrogens is 410 g/mol. The van der Waals surface area contributed by atoms with E-state index in [4.69, 9.17) is 5.73 Å². The molecule has 0 unspecified atom stereocenters. The third-order valence-electron chi connectivity index (χ3n) is 6.06. The van der Waals surface area contributed by atoms with Crippen LogP contribution in [0.25, 0.3) is 0 Å². The highest BCUT2D eigenvalue weighted by molar-refractivity contribution is 7.90. The molecule has 1 aliphatic carbocycles. The first-order chi connectivity index (χ1) is 14.0. The average molecular weight is 430 g/mol. The molecule has 1 aliphatic heterocycles. The lowest BCUT2D eigenvalue weighted by molar-refractivity contribution is 0.395. The number of benzene rings is 2. The monoisotopic (exact) mass is 430 g/mol. The Morgan fingerprint density at radius 3 is 2.40 bits per heavy atom. The fourth-order valence-corrected chi connectivity index (χ4v) is 5.97. The van der Waals surface area contributed by atoms with E-state index in [2.05, 4.69) is 11.1 Å². The zero-order valence-corrected chi connectivity index (χ0v) is 17.2. The Bertz CT molecular complexity index is 1200. The summed E-state index contributed by atoms with van der Waals surface area (Å²) < 4.78 is 56.2. The zero-order valence-electron chi connectivity index (χ0n) is 16.4. The average Bonchev–Trinajstić information content (AvgIpc) is 3.50. The second-order valence-corrected chi connectivity index (χ2v) is 10.00. The summed E-state index contributed by atoms with van der Waals surface area (Å²) in [6, 6.07) is 11.8. The second kappa shape index (κ2) is 6.51. The van der Waals surface area contributed by atoms with Crippen molar-refractivity contribution in [1.82, 2.24) is 4.31 Å². The van der Waals surface area contributed by atoms with Gasteiger partial charge in [0, 0.05) is 12.6 Å². The number of rotatable bonds is 3. The van der Waals surface area contributed by atoms with E-state index < -0.39 is 37.9 Å². The minimum absolute atomic E-state index is 0.202. The quantitative estimate of drug-likeness (QED) is 0.809. The number of aliphatic imine (C=N–C) groups is 1. The Morgan fingerprint density at radius 2 is 1.83 bits per heavy atom. The standard InChI is InChI=1S/C21H20F2N4O2S/c1-20(16-11-15(22)7-8-17(16)23)18(30(28,29)27(2)19(25)26-20)13-3-5-14(6-4-13)21(12-24)9-10-21/h3-8,11,18H,9-10H2,1-2H3,(H2,25,26)/t18-,20-/m1/s1.